The predicted octanol–water partition coefficient (Wildman–Crippen LogP) is 11.8. The molecule has 1 aliphatic carbocycles. The van der Waals surface area contributed by atoms with Crippen LogP contribution in [0.4, 0.5) is 0 Å². The normalized spacial score (nSPS) is 13.3. The van der Waals surface area contributed by atoms with E-state index in [0.717, 1.165) is 27.5 Å². The zero-order valence-corrected chi connectivity index (χ0v) is 27.3. The molecule has 0 unspecified atom stereocenters. The standard InChI is InChI=1S/C46H31N3/c1-46(2)39-14-8-7-13-38(39)42-40(46)24-22-30-17-18-33-27-36(21-23-37(33)41(30)42)45-48-43(34-19-15-28-9-3-5-11-31(28)25-34)47-44(49-45)35-20-16-29-10-4-6-12-32(29)26-35/h3-27H,1-2H3. The SMILES string of the molecule is CC1(C)c2ccccc2-c2c1ccc1ccc3cc(-c4nc(-c5ccc6ccccc6c5)nc(-c5ccc6ccccc6c5)n4)ccc3c21. The smallest absolute Gasteiger partial charge is 0.164 e. The van der Waals surface area contributed by atoms with E-state index < -0.39 is 0 Å². The molecule has 0 N–H and O–H groups in total. The summed E-state index contributed by atoms with van der Waals surface area (Å²) in [4.78, 5) is 15.3. The summed E-state index contributed by atoms with van der Waals surface area (Å²) in [7, 11) is 0. The quantitative estimate of drug-likeness (QED) is 0.183. The Balaban J connectivity index is 1.18. The van der Waals surface area contributed by atoms with E-state index in [1.165, 1.54) is 54.6 Å². The zero-order valence-electron chi connectivity index (χ0n) is 27.3. The number of benzene rings is 8. The van der Waals surface area contributed by atoms with Gasteiger partial charge < -0.3 is 0 Å². The first-order valence-corrected chi connectivity index (χ1v) is 16.9. The van der Waals surface area contributed by atoms with Gasteiger partial charge in [0.05, 0.1) is 0 Å². The number of nitrogens with zero attached hydrogens (tertiary/aromatic N) is 3. The van der Waals surface area contributed by atoms with Crippen molar-refractivity contribution in [2.24, 2.45) is 0 Å². The third-order valence-electron chi connectivity index (χ3n) is 10.5. The first-order chi connectivity index (χ1) is 24.0. The van der Waals surface area contributed by atoms with Gasteiger partial charge in [-0.05, 0) is 83.5 Å². The van der Waals surface area contributed by atoms with Gasteiger partial charge in [-0.1, -0.05) is 147 Å². The van der Waals surface area contributed by atoms with Crippen molar-refractivity contribution in [1.82, 2.24) is 15.0 Å². The van der Waals surface area contributed by atoms with Gasteiger partial charge in [-0.15, -0.1) is 0 Å². The van der Waals surface area contributed by atoms with Crippen molar-refractivity contribution in [3.63, 3.8) is 0 Å². The Hall–Kier alpha value is -6.19. The van der Waals surface area contributed by atoms with Gasteiger partial charge in [0.15, 0.2) is 17.5 Å². The van der Waals surface area contributed by atoms with E-state index >= 15 is 0 Å². The van der Waals surface area contributed by atoms with Gasteiger partial charge in [0.2, 0.25) is 0 Å². The van der Waals surface area contributed by atoms with E-state index in [9.17, 15) is 0 Å². The van der Waals surface area contributed by atoms with Crippen molar-refractivity contribution in [2.45, 2.75) is 19.3 Å². The Labute approximate surface area is 284 Å². The summed E-state index contributed by atoms with van der Waals surface area (Å²) in [6, 6.07) is 54.3. The summed E-state index contributed by atoms with van der Waals surface area (Å²) in [5, 5.41) is 9.66. The highest BCUT2D eigenvalue weighted by Crippen LogP contribution is 2.52. The lowest BCUT2D eigenvalue weighted by atomic mass is 9.82. The maximum Gasteiger partial charge on any atom is 0.164 e. The molecule has 0 saturated carbocycles. The summed E-state index contributed by atoms with van der Waals surface area (Å²) in [5.41, 5.74) is 8.31. The third-order valence-corrected chi connectivity index (χ3v) is 10.5. The fraction of sp³-hybridized carbons (Fsp3) is 0.0652. The number of fused-ring (bicyclic) bond motifs is 9. The molecule has 0 amide bonds. The predicted molar refractivity (Wildman–Crippen MR) is 204 cm³/mol. The van der Waals surface area contributed by atoms with Crippen LogP contribution in [0.15, 0.2) is 152 Å². The van der Waals surface area contributed by atoms with Crippen molar-refractivity contribution in [1.29, 1.82) is 0 Å². The van der Waals surface area contributed by atoms with Crippen LogP contribution in [0.3, 0.4) is 0 Å². The summed E-state index contributed by atoms with van der Waals surface area (Å²) in [6.45, 7) is 4.68. The molecule has 0 radical (unpaired) electrons. The van der Waals surface area contributed by atoms with E-state index in [2.05, 4.69) is 166 Å². The zero-order chi connectivity index (χ0) is 32.7. The first-order valence-electron chi connectivity index (χ1n) is 16.9. The van der Waals surface area contributed by atoms with Crippen LogP contribution in [0.2, 0.25) is 0 Å². The molecule has 1 aromatic heterocycles. The summed E-state index contributed by atoms with van der Waals surface area (Å²) in [6.07, 6.45) is 0. The summed E-state index contributed by atoms with van der Waals surface area (Å²) < 4.78 is 0. The maximum atomic E-state index is 5.12. The Morgan fingerprint density at radius 3 is 1.49 bits per heavy atom. The third kappa shape index (κ3) is 4.32. The van der Waals surface area contributed by atoms with Crippen LogP contribution in [0.25, 0.3) is 88.4 Å². The molecule has 10 rings (SSSR count). The summed E-state index contributed by atoms with van der Waals surface area (Å²) in [5.74, 6) is 1.98. The van der Waals surface area contributed by atoms with Crippen LogP contribution in [-0.4, -0.2) is 15.0 Å². The highest BCUT2D eigenvalue weighted by Gasteiger charge is 2.36. The van der Waals surface area contributed by atoms with Crippen LogP contribution < -0.4 is 0 Å². The van der Waals surface area contributed by atoms with Crippen LogP contribution >= 0.6 is 0 Å². The molecule has 0 saturated heterocycles. The topological polar surface area (TPSA) is 38.7 Å². The largest absolute Gasteiger partial charge is 0.208 e. The molecule has 9 aromatic rings. The lowest BCUT2D eigenvalue weighted by molar-refractivity contribution is 0.661. The maximum absolute atomic E-state index is 5.12. The molecule has 1 aliphatic rings. The fourth-order valence-electron chi connectivity index (χ4n) is 7.91. The summed E-state index contributed by atoms with van der Waals surface area (Å²) >= 11 is 0. The lowest BCUT2D eigenvalue weighted by Gasteiger charge is -2.21. The average molecular weight is 626 g/mol. The second-order valence-corrected chi connectivity index (χ2v) is 13.7. The molecule has 3 nitrogen and oxygen atoms in total. The van der Waals surface area contributed by atoms with Crippen molar-refractivity contribution in [3.05, 3.63) is 163 Å². The van der Waals surface area contributed by atoms with Gasteiger partial charge >= 0.3 is 0 Å². The van der Waals surface area contributed by atoms with Crippen molar-refractivity contribution in [3.8, 4) is 45.3 Å². The van der Waals surface area contributed by atoms with Crippen LogP contribution in [-0.2, 0) is 5.41 Å². The fourth-order valence-corrected chi connectivity index (χ4v) is 7.91. The van der Waals surface area contributed by atoms with Crippen LogP contribution in [0.1, 0.15) is 25.0 Å². The van der Waals surface area contributed by atoms with Gasteiger partial charge in [0, 0.05) is 22.1 Å². The Morgan fingerprint density at radius 2 is 0.857 bits per heavy atom. The van der Waals surface area contributed by atoms with Gasteiger partial charge in [-0.25, -0.2) is 15.0 Å². The van der Waals surface area contributed by atoms with E-state index in [4.69, 9.17) is 15.0 Å². The number of hydrogen-bond acceptors (Lipinski definition) is 3. The van der Waals surface area contributed by atoms with Crippen LogP contribution in [0.5, 0.6) is 0 Å². The number of aromatic nitrogens is 3. The highest BCUT2D eigenvalue weighted by molar-refractivity contribution is 6.17. The van der Waals surface area contributed by atoms with Crippen molar-refractivity contribution >= 4 is 43.1 Å². The van der Waals surface area contributed by atoms with E-state index in [0.29, 0.717) is 17.5 Å². The molecule has 1 heterocycles. The van der Waals surface area contributed by atoms with E-state index in [1.807, 2.05) is 0 Å². The minimum Gasteiger partial charge on any atom is -0.208 e. The molecule has 0 spiro atoms. The average Bonchev–Trinajstić information content (AvgIpc) is 3.39. The van der Waals surface area contributed by atoms with Crippen molar-refractivity contribution in [2.75, 3.05) is 0 Å². The monoisotopic (exact) mass is 625 g/mol. The molecule has 0 bridgehead atoms. The minimum atomic E-state index is -0.0502. The molecule has 0 fully saturated rings. The van der Waals surface area contributed by atoms with E-state index in [-0.39, 0.29) is 5.41 Å². The second kappa shape index (κ2) is 10.4. The van der Waals surface area contributed by atoms with Gasteiger partial charge in [0.1, 0.15) is 0 Å². The van der Waals surface area contributed by atoms with Crippen LogP contribution in [0, 0.1) is 0 Å². The van der Waals surface area contributed by atoms with Gasteiger partial charge in [-0.2, -0.15) is 0 Å². The van der Waals surface area contributed by atoms with Gasteiger partial charge in [0.25, 0.3) is 0 Å². The minimum absolute atomic E-state index is 0.0502. The molecule has 3 heteroatoms. The molecule has 49 heavy (non-hydrogen) atoms. The first kappa shape index (κ1) is 27.9. The molecule has 0 atom stereocenters. The lowest BCUT2D eigenvalue weighted by Crippen LogP contribution is -2.14. The molecular formula is C46H31N3. The molecule has 8 aromatic carbocycles. The number of hydrogen-bond donors (Lipinski definition) is 0. The molecule has 230 valence electrons. The Kier molecular flexibility index (Phi) is 5.92. The highest BCUT2D eigenvalue weighted by atomic mass is 15.0. The second-order valence-electron chi connectivity index (χ2n) is 13.7. The molecule has 0 aliphatic heterocycles. The number of rotatable bonds is 3. The van der Waals surface area contributed by atoms with Gasteiger partial charge in [-0.3, -0.25) is 0 Å². The van der Waals surface area contributed by atoms with Crippen molar-refractivity contribution < 1.29 is 0 Å². The molecular weight excluding hydrogens is 595 g/mol. The Bertz CT molecular complexity index is 2710. The van der Waals surface area contributed by atoms with E-state index in [1.54, 1.807) is 0 Å². The Morgan fingerprint density at radius 1 is 0.388 bits per heavy atom.